The van der Waals surface area contributed by atoms with E-state index >= 15 is 0 Å². The van der Waals surface area contributed by atoms with E-state index in [0.29, 0.717) is 23.8 Å². The van der Waals surface area contributed by atoms with Gasteiger partial charge in [-0.05, 0) is 30.7 Å². The molecule has 154 valence electrons. The summed E-state index contributed by atoms with van der Waals surface area (Å²) in [6.45, 7) is 3.14. The van der Waals surface area contributed by atoms with Crippen LogP contribution in [0.15, 0.2) is 29.2 Å². The summed E-state index contributed by atoms with van der Waals surface area (Å²) in [6.07, 6.45) is 0.742. The lowest BCUT2D eigenvalue weighted by atomic mass is 10.2. The Bertz CT molecular complexity index is 1050. The lowest BCUT2D eigenvalue weighted by Gasteiger charge is -2.26. The van der Waals surface area contributed by atoms with Gasteiger partial charge < -0.3 is 14.8 Å². The molecule has 8 nitrogen and oxygen atoms in total. The fraction of sp³-hybridized carbons (Fsp3) is 0.368. The lowest BCUT2D eigenvalue weighted by molar-refractivity contribution is 0.0730. The van der Waals surface area contributed by atoms with Crippen LogP contribution in [0.25, 0.3) is 0 Å². The van der Waals surface area contributed by atoms with Gasteiger partial charge in [-0.3, -0.25) is 4.79 Å². The molecule has 0 saturated carbocycles. The van der Waals surface area contributed by atoms with Gasteiger partial charge >= 0.3 is 0 Å². The van der Waals surface area contributed by atoms with E-state index in [1.54, 1.807) is 6.07 Å². The minimum Gasteiger partial charge on any atom is -0.496 e. The van der Waals surface area contributed by atoms with Gasteiger partial charge in [-0.25, -0.2) is 8.42 Å². The number of ether oxygens (including phenoxy) is 2. The van der Waals surface area contributed by atoms with Gasteiger partial charge in [0.1, 0.15) is 16.8 Å². The molecule has 1 aromatic carbocycles. The number of thiophene rings is 1. The number of sulfonamides is 1. The highest BCUT2D eigenvalue weighted by Crippen LogP contribution is 2.30. The van der Waals surface area contributed by atoms with Crippen molar-refractivity contribution >= 4 is 32.3 Å². The van der Waals surface area contributed by atoms with Gasteiger partial charge in [-0.2, -0.15) is 9.57 Å². The van der Waals surface area contributed by atoms with Crippen LogP contribution in [0.1, 0.15) is 27.7 Å². The third kappa shape index (κ3) is 4.43. The maximum absolute atomic E-state index is 12.9. The van der Waals surface area contributed by atoms with Crippen molar-refractivity contribution in [1.29, 1.82) is 5.26 Å². The zero-order valence-corrected chi connectivity index (χ0v) is 17.7. The topological polar surface area (TPSA) is 109 Å². The second kappa shape index (κ2) is 8.92. The monoisotopic (exact) mass is 435 g/mol. The number of rotatable bonds is 6. The number of morpholine rings is 1. The van der Waals surface area contributed by atoms with Crippen molar-refractivity contribution < 1.29 is 22.7 Å². The first kappa shape index (κ1) is 21.3. The molecule has 0 bridgehead atoms. The van der Waals surface area contributed by atoms with E-state index in [9.17, 15) is 18.5 Å². The van der Waals surface area contributed by atoms with Crippen molar-refractivity contribution in [2.24, 2.45) is 0 Å². The van der Waals surface area contributed by atoms with Gasteiger partial charge in [0.05, 0.1) is 36.3 Å². The van der Waals surface area contributed by atoms with Gasteiger partial charge in [0, 0.05) is 18.0 Å². The highest BCUT2D eigenvalue weighted by Gasteiger charge is 2.28. The van der Waals surface area contributed by atoms with Crippen LogP contribution in [-0.4, -0.2) is 52.0 Å². The first-order chi connectivity index (χ1) is 13.9. The number of nitriles is 1. The number of carbonyl (C=O) groups excluding carboxylic acids is 1. The SMILES string of the molecule is CCc1cc(C#N)c(NC(=O)c2cc(S(=O)(=O)N3CCOCC3)ccc2OC)s1. The van der Waals surface area contributed by atoms with Crippen LogP contribution in [0, 0.1) is 11.3 Å². The van der Waals surface area contributed by atoms with Crippen molar-refractivity contribution in [3.63, 3.8) is 0 Å². The summed E-state index contributed by atoms with van der Waals surface area (Å²) < 4.78 is 37.6. The number of nitrogens with one attached hydrogen (secondary N) is 1. The van der Waals surface area contributed by atoms with Crippen LogP contribution in [0.2, 0.25) is 0 Å². The Balaban J connectivity index is 1.94. The largest absolute Gasteiger partial charge is 0.496 e. The van der Waals surface area contributed by atoms with Crippen LogP contribution < -0.4 is 10.1 Å². The fourth-order valence-corrected chi connectivity index (χ4v) is 5.30. The van der Waals surface area contributed by atoms with E-state index in [4.69, 9.17) is 9.47 Å². The number of carbonyl (C=O) groups is 1. The number of aryl methyl sites for hydroxylation is 1. The molecule has 1 N–H and O–H groups in total. The van der Waals surface area contributed by atoms with Crippen LogP contribution in [0.4, 0.5) is 5.00 Å². The molecule has 1 aromatic heterocycles. The highest BCUT2D eigenvalue weighted by atomic mass is 32.2. The third-order valence-corrected chi connectivity index (χ3v) is 7.59. The van der Waals surface area contributed by atoms with Crippen molar-refractivity contribution in [1.82, 2.24) is 4.31 Å². The van der Waals surface area contributed by atoms with Crippen molar-refractivity contribution in [2.45, 2.75) is 18.2 Å². The molecule has 1 aliphatic rings. The van der Waals surface area contributed by atoms with Crippen LogP contribution in [0.3, 0.4) is 0 Å². The number of benzene rings is 1. The molecule has 3 rings (SSSR count). The van der Waals surface area contributed by atoms with Crippen LogP contribution in [-0.2, 0) is 21.2 Å². The van der Waals surface area contributed by atoms with Crippen molar-refractivity contribution in [2.75, 3.05) is 38.7 Å². The van der Waals surface area contributed by atoms with Crippen molar-refractivity contribution in [3.8, 4) is 11.8 Å². The van der Waals surface area contributed by atoms with Gasteiger partial charge in [0.25, 0.3) is 5.91 Å². The Morgan fingerprint density at radius 2 is 2.07 bits per heavy atom. The van der Waals surface area contributed by atoms with E-state index in [1.165, 1.54) is 41.0 Å². The van der Waals surface area contributed by atoms with Crippen molar-refractivity contribution in [3.05, 3.63) is 40.3 Å². The Kier molecular flexibility index (Phi) is 6.54. The van der Waals surface area contributed by atoms with Gasteiger partial charge in [-0.15, -0.1) is 11.3 Å². The average Bonchev–Trinajstić information content (AvgIpc) is 3.15. The molecular formula is C19H21N3O5S2. The summed E-state index contributed by atoms with van der Waals surface area (Å²) in [5, 5.41) is 12.4. The smallest absolute Gasteiger partial charge is 0.260 e. The summed E-state index contributed by atoms with van der Waals surface area (Å²) in [5.74, 6) is -0.295. The molecule has 10 heteroatoms. The zero-order chi connectivity index (χ0) is 21.0. The van der Waals surface area contributed by atoms with E-state index in [1.807, 2.05) is 6.92 Å². The van der Waals surface area contributed by atoms with Gasteiger partial charge in [-0.1, -0.05) is 6.92 Å². The van der Waals surface area contributed by atoms with Gasteiger partial charge in [0.2, 0.25) is 10.0 Å². The summed E-state index contributed by atoms with van der Waals surface area (Å²) in [7, 11) is -2.35. The van der Waals surface area contributed by atoms with E-state index in [0.717, 1.165) is 11.3 Å². The molecule has 0 unspecified atom stereocenters. The van der Waals surface area contributed by atoms with Gasteiger partial charge in [0.15, 0.2) is 0 Å². The molecule has 29 heavy (non-hydrogen) atoms. The second-order valence-corrected chi connectivity index (χ2v) is 9.33. The quantitative estimate of drug-likeness (QED) is 0.747. The minimum absolute atomic E-state index is 0.00582. The van der Waals surface area contributed by atoms with E-state index in [2.05, 4.69) is 11.4 Å². The molecule has 0 aliphatic carbocycles. The molecule has 2 heterocycles. The summed E-state index contributed by atoms with van der Waals surface area (Å²) in [5.41, 5.74) is 0.452. The standard InChI is InChI=1S/C19H21N3O5S2/c1-3-14-10-13(12-20)19(28-14)21-18(23)16-11-15(4-5-17(16)26-2)29(24,25)22-6-8-27-9-7-22/h4-5,10-11H,3,6-9H2,1-2H3,(H,21,23). The Hall–Kier alpha value is -2.45. The zero-order valence-electron chi connectivity index (χ0n) is 16.1. The highest BCUT2D eigenvalue weighted by molar-refractivity contribution is 7.89. The van der Waals surface area contributed by atoms with E-state index < -0.39 is 15.9 Å². The maximum atomic E-state index is 12.9. The lowest BCUT2D eigenvalue weighted by Crippen LogP contribution is -2.40. The van der Waals surface area contributed by atoms with Crippen LogP contribution >= 0.6 is 11.3 Å². The number of nitrogens with zero attached hydrogens (tertiary/aromatic N) is 2. The first-order valence-electron chi connectivity index (χ1n) is 9.00. The van der Waals surface area contributed by atoms with Crippen LogP contribution in [0.5, 0.6) is 5.75 Å². The number of methoxy groups -OCH3 is 1. The summed E-state index contributed by atoms with van der Waals surface area (Å²) >= 11 is 1.32. The molecular weight excluding hydrogens is 414 g/mol. The Labute approximate surface area is 173 Å². The second-order valence-electron chi connectivity index (χ2n) is 6.25. The Morgan fingerprint density at radius 3 is 2.69 bits per heavy atom. The molecule has 0 atom stereocenters. The number of hydrogen-bond acceptors (Lipinski definition) is 7. The molecule has 1 amide bonds. The summed E-state index contributed by atoms with van der Waals surface area (Å²) in [4.78, 5) is 13.9. The first-order valence-corrected chi connectivity index (χ1v) is 11.3. The minimum atomic E-state index is -3.76. The molecule has 0 radical (unpaired) electrons. The predicted molar refractivity (Wildman–Crippen MR) is 109 cm³/mol. The average molecular weight is 436 g/mol. The molecule has 1 saturated heterocycles. The third-order valence-electron chi connectivity index (χ3n) is 4.50. The molecule has 1 fully saturated rings. The normalized spacial score (nSPS) is 14.9. The number of amides is 1. The molecule has 1 aliphatic heterocycles. The molecule has 2 aromatic rings. The molecule has 0 spiro atoms. The number of hydrogen-bond donors (Lipinski definition) is 1. The Morgan fingerprint density at radius 1 is 1.34 bits per heavy atom. The summed E-state index contributed by atoms with van der Waals surface area (Å²) in [6, 6.07) is 7.98. The fourth-order valence-electron chi connectivity index (χ4n) is 2.92. The van der Waals surface area contributed by atoms with E-state index in [-0.39, 0.29) is 29.3 Å². The number of anilines is 1. The maximum Gasteiger partial charge on any atom is 0.260 e. The predicted octanol–water partition coefficient (Wildman–Crippen LogP) is 2.46.